The summed E-state index contributed by atoms with van der Waals surface area (Å²) in [5, 5.41) is 22.9. The second-order valence-electron chi connectivity index (χ2n) is 5.07. The first-order chi connectivity index (χ1) is 9.49. The number of halogens is 2. The lowest BCUT2D eigenvalue weighted by molar-refractivity contribution is -0.384. The third-order valence-electron chi connectivity index (χ3n) is 3.65. The molecule has 20 heavy (non-hydrogen) atoms. The van der Waals surface area contributed by atoms with Crippen molar-refractivity contribution in [1.82, 2.24) is 0 Å². The van der Waals surface area contributed by atoms with Gasteiger partial charge in [0.1, 0.15) is 0 Å². The first-order valence-corrected chi connectivity index (χ1v) is 6.53. The third kappa shape index (κ3) is 3.22. The maximum Gasteiger partial charge on any atom is 0.295 e. The van der Waals surface area contributed by atoms with Gasteiger partial charge < -0.3 is 10.4 Å². The Hall–Kier alpha value is -1.76. The molecule has 0 unspecified atom stereocenters. The van der Waals surface area contributed by atoms with Gasteiger partial charge in [0.15, 0.2) is 17.3 Å². The molecule has 0 aliphatic heterocycles. The van der Waals surface area contributed by atoms with Gasteiger partial charge >= 0.3 is 0 Å². The SMILES string of the molecule is O=[N+]([O-])c1ccc(F)c(F)c1NCC1CCC(O)CC1. The van der Waals surface area contributed by atoms with Crippen molar-refractivity contribution in [2.24, 2.45) is 5.92 Å². The minimum atomic E-state index is -1.23. The summed E-state index contributed by atoms with van der Waals surface area (Å²) in [7, 11) is 0. The summed E-state index contributed by atoms with van der Waals surface area (Å²) in [6.45, 7) is 0.327. The Kier molecular flexibility index (Phi) is 4.49. The van der Waals surface area contributed by atoms with E-state index in [1.165, 1.54) is 0 Å². The number of benzene rings is 1. The Balaban J connectivity index is 2.08. The van der Waals surface area contributed by atoms with Crippen molar-refractivity contribution in [3.05, 3.63) is 33.9 Å². The number of anilines is 1. The van der Waals surface area contributed by atoms with Crippen molar-refractivity contribution in [2.45, 2.75) is 31.8 Å². The minimum absolute atomic E-state index is 0.195. The normalized spacial score (nSPS) is 22.6. The van der Waals surface area contributed by atoms with E-state index in [4.69, 9.17) is 0 Å². The van der Waals surface area contributed by atoms with E-state index in [9.17, 15) is 24.0 Å². The molecular formula is C13H16F2N2O3. The zero-order valence-corrected chi connectivity index (χ0v) is 10.8. The number of hydrogen-bond acceptors (Lipinski definition) is 4. The van der Waals surface area contributed by atoms with Crippen LogP contribution in [0.15, 0.2) is 12.1 Å². The number of nitro groups is 1. The fourth-order valence-electron chi connectivity index (χ4n) is 2.46. The van der Waals surface area contributed by atoms with Crippen LogP contribution in [0.3, 0.4) is 0 Å². The summed E-state index contributed by atoms with van der Waals surface area (Å²) in [4.78, 5) is 10.1. The fourth-order valence-corrected chi connectivity index (χ4v) is 2.46. The van der Waals surface area contributed by atoms with Crippen LogP contribution >= 0.6 is 0 Å². The summed E-state index contributed by atoms with van der Waals surface area (Å²) in [5.74, 6) is -2.15. The van der Waals surface area contributed by atoms with Crippen LogP contribution in [0.1, 0.15) is 25.7 Å². The standard InChI is InChI=1S/C13H16F2N2O3/c14-10-5-6-11(17(19)20)13(12(10)15)16-7-8-1-3-9(18)4-2-8/h5-6,8-9,16,18H,1-4,7H2. The van der Waals surface area contributed by atoms with Crippen LogP contribution in [-0.4, -0.2) is 22.7 Å². The molecule has 1 saturated carbocycles. The van der Waals surface area contributed by atoms with Gasteiger partial charge in [-0.25, -0.2) is 8.78 Å². The highest BCUT2D eigenvalue weighted by molar-refractivity contribution is 5.62. The molecule has 1 aliphatic carbocycles. The number of hydrogen-bond donors (Lipinski definition) is 2. The number of aliphatic hydroxyl groups excluding tert-OH is 1. The minimum Gasteiger partial charge on any atom is -0.393 e. The lowest BCUT2D eigenvalue weighted by atomic mass is 9.87. The van der Waals surface area contributed by atoms with Crippen LogP contribution in [0.2, 0.25) is 0 Å². The molecular weight excluding hydrogens is 270 g/mol. The highest BCUT2D eigenvalue weighted by Gasteiger charge is 2.24. The Morgan fingerprint density at radius 2 is 1.95 bits per heavy atom. The number of nitrogens with zero attached hydrogens (tertiary/aromatic N) is 1. The average molecular weight is 286 g/mol. The van der Waals surface area contributed by atoms with Crippen molar-refractivity contribution in [3.8, 4) is 0 Å². The van der Waals surface area contributed by atoms with Gasteiger partial charge in [-0.2, -0.15) is 0 Å². The van der Waals surface area contributed by atoms with Gasteiger partial charge in [0.05, 0.1) is 11.0 Å². The van der Waals surface area contributed by atoms with Crippen molar-refractivity contribution in [3.63, 3.8) is 0 Å². The quantitative estimate of drug-likeness (QED) is 0.659. The highest BCUT2D eigenvalue weighted by Crippen LogP contribution is 2.31. The molecule has 0 saturated heterocycles. The van der Waals surface area contributed by atoms with E-state index in [0.717, 1.165) is 25.0 Å². The first-order valence-electron chi connectivity index (χ1n) is 6.53. The molecule has 1 aromatic rings. The van der Waals surface area contributed by atoms with Crippen LogP contribution in [-0.2, 0) is 0 Å². The number of rotatable bonds is 4. The van der Waals surface area contributed by atoms with Crippen LogP contribution in [0.5, 0.6) is 0 Å². The monoisotopic (exact) mass is 286 g/mol. The molecule has 2 rings (SSSR count). The lowest BCUT2D eigenvalue weighted by Gasteiger charge is -2.25. The second-order valence-corrected chi connectivity index (χ2v) is 5.07. The van der Waals surface area contributed by atoms with Gasteiger partial charge in [-0.05, 0) is 37.7 Å². The summed E-state index contributed by atoms with van der Waals surface area (Å²) < 4.78 is 26.8. The predicted molar refractivity (Wildman–Crippen MR) is 69.5 cm³/mol. The molecule has 7 heteroatoms. The van der Waals surface area contributed by atoms with Gasteiger partial charge in [-0.1, -0.05) is 0 Å². The smallest absolute Gasteiger partial charge is 0.295 e. The van der Waals surface area contributed by atoms with E-state index < -0.39 is 27.9 Å². The highest BCUT2D eigenvalue weighted by atomic mass is 19.2. The van der Waals surface area contributed by atoms with Gasteiger partial charge in [0, 0.05) is 12.6 Å². The number of nitro benzene ring substituents is 1. The Labute approximate surface area is 114 Å². The van der Waals surface area contributed by atoms with E-state index in [2.05, 4.69) is 5.32 Å². The topological polar surface area (TPSA) is 75.4 Å². The average Bonchev–Trinajstić information content (AvgIpc) is 2.42. The lowest BCUT2D eigenvalue weighted by Crippen LogP contribution is -2.24. The van der Waals surface area contributed by atoms with Crippen LogP contribution in [0.4, 0.5) is 20.2 Å². The summed E-state index contributed by atoms with van der Waals surface area (Å²) in [6, 6.07) is 1.70. The molecule has 0 radical (unpaired) electrons. The molecule has 0 amide bonds. The van der Waals surface area contributed by atoms with E-state index in [1.807, 2.05) is 0 Å². The van der Waals surface area contributed by atoms with Gasteiger partial charge in [0.25, 0.3) is 5.69 Å². The molecule has 5 nitrogen and oxygen atoms in total. The van der Waals surface area contributed by atoms with Crippen molar-refractivity contribution in [2.75, 3.05) is 11.9 Å². The van der Waals surface area contributed by atoms with E-state index in [-0.39, 0.29) is 12.0 Å². The molecule has 0 atom stereocenters. The third-order valence-corrected chi connectivity index (χ3v) is 3.65. The zero-order chi connectivity index (χ0) is 14.7. The Morgan fingerprint density at radius 1 is 1.30 bits per heavy atom. The Morgan fingerprint density at radius 3 is 2.55 bits per heavy atom. The van der Waals surface area contributed by atoms with Crippen molar-refractivity contribution < 1.29 is 18.8 Å². The van der Waals surface area contributed by atoms with E-state index >= 15 is 0 Å². The van der Waals surface area contributed by atoms with Gasteiger partial charge in [0.2, 0.25) is 0 Å². The van der Waals surface area contributed by atoms with Crippen molar-refractivity contribution in [1.29, 1.82) is 0 Å². The molecule has 1 fully saturated rings. The van der Waals surface area contributed by atoms with Crippen LogP contribution in [0, 0.1) is 27.7 Å². The maximum absolute atomic E-state index is 13.7. The fraction of sp³-hybridized carbons (Fsp3) is 0.538. The van der Waals surface area contributed by atoms with E-state index in [0.29, 0.717) is 19.4 Å². The first kappa shape index (κ1) is 14.6. The van der Waals surface area contributed by atoms with Crippen LogP contribution < -0.4 is 5.32 Å². The van der Waals surface area contributed by atoms with E-state index in [1.54, 1.807) is 0 Å². The zero-order valence-electron chi connectivity index (χ0n) is 10.8. The molecule has 0 aromatic heterocycles. The second kappa shape index (κ2) is 6.13. The molecule has 2 N–H and O–H groups in total. The molecule has 0 heterocycles. The largest absolute Gasteiger partial charge is 0.393 e. The molecule has 110 valence electrons. The van der Waals surface area contributed by atoms with Gasteiger partial charge in [-0.15, -0.1) is 0 Å². The summed E-state index contributed by atoms with van der Waals surface area (Å²) >= 11 is 0. The maximum atomic E-state index is 13.7. The number of nitrogens with one attached hydrogen (secondary N) is 1. The Bertz CT molecular complexity index is 503. The summed E-state index contributed by atoms with van der Waals surface area (Å²) in [5.41, 5.74) is -0.874. The molecule has 0 bridgehead atoms. The van der Waals surface area contributed by atoms with Crippen molar-refractivity contribution >= 4 is 11.4 Å². The molecule has 1 aliphatic rings. The van der Waals surface area contributed by atoms with Crippen LogP contribution in [0.25, 0.3) is 0 Å². The van der Waals surface area contributed by atoms with Gasteiger partial charge in [-0.3, -0.25) is 10.1 Å². The number of aliphatic hydroxyl groups is 1. The summed E-state index contributed by atoms with van der Waals surface area (Å²) in [6.07, 6.45) is 2.56. The predicted octanol–water partition coefficient (Wildman–Crippen LogP) is 2.84. The molecule has 1 aromatic carbocycles. The molecule has 0 spiro atoms.